The summed E-state index contributed by atoms with van der Waals surface area (Å²) < 4.78 is 0. The van der Waals surface area contributed by atoms with Crippen LogP contribution in [-0.4, -0.2) is 35.6 Å². The lowest BCUT2D eigenvalue weighted by atomic mass is 9.70. The number of aliphatic hydroxyl groups is 1. The molecule has 3 aliphatic rings. The maximum absolute atomic E-state index is 11.4. The Labute approximate surface area is 66.0 Å². The molecule has 0 atom stereocenters. The molecule has 3 heteroatoms. The van der Waals surface area contributed by atoms with Gasteiger partial charge in [-0.1, -0.05) is 0 Å². The van der Waals surface area contributed by atoms with Crippen LogP contribution >= 0.6 is 0 Å². The number of piperidine rings is 2. The number of amides is 1. The monoisotopic (exact) mass is 155 g/mol. The van der Waals surface area contributed by atoms with Crippen molar-refractivity contribution in [2.75, 3.05) is 19.7 Å². The minimum atomic E-state index is 0.102. The van der Waals surface area contributed by atoms with Crippen LogP contribution in [0.2, 0.25) is 0 Å². The third kappa shape index (κ3) is 1.03. The van der Waals surface area contributed by atoms with Gasteiger partial charge in [-0.15, -0.1) is 0 Å². The third-order valence-corrected chi connectivity index (χ3v) is 2.75. The fourth-order valence-corrected chi connectivity index (χ4v) is 2.07. The number of rotatable bonds is 2. The van der Waals surface area contributed by atoms with Crippen molar-refractivity contribution in [3.05, 3.63) is 0 Å². The van der Waals surface area contributed by atoms with E-state index in [1.165, 1.54) is 0 Å². The summed E-state index contributed by atoms with van der Waals surface area (Å²) in [6, 6.07) is 0. The number of fused-ring (bicyclic) bond motifs is 2. The van der Waals surface area contributed by atoms with Crippen LogP contribution in [0.5, 0.6) is 0 Å². The number of carbonyl (C=O) groups excluding carboxylic acids is 1. The van der Waals surface area contributed by atoms with Crippen LogP contribution in [0.4, 0.5) is 0 Å². The Balaban J connectivity index is 1.96. The van der Waals surface area contributed by atoms with Crippen LogP contribution in [0.15, 0.2) is 0 Å². The Morgan fingerprint density at radius 1 is 1.55 bits per heavy atom. The van der Waals surface area contributed by atoms with Crippen LogP contribution in [0.3, 0.4) is 0 Å². The highest BCUT2D eigenvalue weighted by Crippen LogP contribution is 2.40. The fraction of sp³-hybridized carbons (Fsp3) is 0.875. The van der Waals surface area contributed by atoms with E-state index in [-0.39, 0.29) is 12.5 Å². The van der Waals surface area contributed by atoms with Crippen molar-refractivity contribution in [1.82, 2.24) is 4.90 Å². The van der Waals surface area contributed by atoms with Gasteiger partial charge in [0.25, 0.3) is 0 Å². The van der Waals surface area contributed by atoms with Gasteiger partial charge in [0.1, 0.15) is 0 Å². The molecule has 11 heavy (non-hydrogen) atoms. The molecular formula is C8H13NO2. The van der Waals surface area contributed by atoms with E-state index < -0.39 is 0 Å². The first kappa shape index (κ1) is 7.10. The van der Waals surface area contributed by atoms with Gasteiger partial charge in [0.15, 0.2) is 0 Å². The molecule has 3 rings (SSSR count). The van der Waals surface area contributed by atoms with Crippen LogP contribution < -0.4 is 0 Å². The largest absolute Gasteiger partial charge is 0.395 e. The molecule has 0 aromatic heterocycles. The van der Waals surface area contributed by atoms with E-state index in [9.17, 15) is 4.79 Å². The first-order valence-electron chi connectivity index (χ1n) is 4.21. The van der Waals surface area contributed by atoms with Crippen LogP contribution in [0.1, 0.15) is 12.8 Å². The maximum atomic E-state index is 11.4. The van der Waals surface area contributed by atoms with E-state index in [0.717, 1.165) is 25.3 Å². The summed E-state index contributed by atoms with van der Waals surface area (Å²) in [7, 11) is 0. The Kier molecular flexibility index (Phi) is 1.60. The average molecular weight is 155 g/mol. The highest BCUT2D eigenvalue weighted by atomic mass is 16.3. The van der Waals surface area contributed by atoms with Crippen molar-refractivity contribution in [3.8, 4) is 0 Å². The molecule has 1 aliphatic carbocycles. The third-order valence-electron chi connectivity index (χ3n) is 2.75. The van der Waals surface area contributed by atoms with E-state index >= 15 is 0 Å². The number of carbonyl (C=O) groups is 1. The lowest BCUT2D eigenvalue weighted by Crippen LogP contribution is -2.53. The Morgan fingerprint density at radius 2 is 2.27 bits per heavy atom. The normalized spacial score (nSPS) is 35.4. The standard InChI is InChI=1S/C8H13NO2/c10-2-1-9-5-6-3-7(4-6)8(9)11/h6-7,10H,1-5H2. The summed E-state index contributed by atoms with van der Waals surface area (Å²) in [6.45, 7) is 1.52. The first-order valence-corrected chi connectivity index (χ1v) is 4.21. The molecule has 2 aliphatic heterocycles. The van der Waals surface area contributed by atoms with Gasteiger partial charge in [0.2, 0.25) is 5.91 Å². The van der Waals surface area contributed by atoms with Gasteiger partial charge in [-0.25, -0.2) is 0 Å². The minimum Gasteiger partial charge on any atom is -0.395 e. The smallest absolute Gasteiger partial charge is 0.225 e. The molecule has 2 saturated heterocycles. The number of nitrogens with zero attached hydrogens (tertiary/aromatic N) is 1. The molecule has 0 spiro atoms. The molecule has 3 nitrogen and oxygen atoms in total. The SMILES string of the molecule is O=C1C2CC(C2)CN1CCO. The van der Waals surface area contributed by atoms with E-state index in [1.807, 2.05) is 0 Å². The Hall–Kier alpha value is -0.570. The van der Waals surface area contributed by atoms with E-state index in [4.69, 9.17) is 5.11 Å². The highest BCUT2D eigenvalue weighted by molar-refractivity contribution is 5.81. The van der Waals surface area contributed by atoms with Crippen molar-refractivity contribution >= 4 is 5.91 Å². The summed E-state index contributed by atoms with van der Waals surface area (Å²) in [5, 5.41) is 8.64. The molecule has 62 valence electrons. The summed E-state index contributed by atoms with van der Waals surface area (Å²) in [4.78, 5) is 13.2. The Bertz CT molecular complexity index is 175. The molecule has 1 saturated carbocycles. The van der Waals surface area contributed by atoms with Crippen LogP contribution in [0, 0.1) is 11.8 Å². The zero-order valence-electron chi connectivity index (χ0n) is 6.49. The van der Waals surface area contributed by atoms with E-state index in [2.05, 4.69) is 0 Å². The van der Waals surface area contributed by atoms with E-state index in [0.29, 0.717) is 12.5 Å². The molecule has 3 fully saturated rings. The molecule has 0 unspecified atom stereocenters. The zero-order chi connectivity index (χ0) is 7.84. The van der Waals surface area contributed by atoms with Crippen molar-refractivity contribution < 1.29 is 9.90 Å². The summed E-state index contributed by atoms with van der Waals surface area (Å²) in [5.74, 6) is 1.31. The summed E-state index contributed by atoms with van der Waals surface area (Å²) in [5.41, 5.74) is 0. The lowest BCUT2D eigenvalue weighted by molar-refractivity contribution is -0.149. The molecule has 0 radical (unpaired) electrons. The van der Waals surface area contributed by atoms with Gasteiger partial charge >= 0.3 is 0 Å². The minimum absolute atomic E-state index is 0.102. The van der Waals surface area contributed by atoms with Gasteiger partial charge in [-0.05, 0) is 18.8 Å². The quantitative estimate of drug-likeness (QED) is 0.602. The van der Waals surface area contributed by atoms with Crippen LogP contribution in [0.25, 0.3) is 0 Å². The second-order valence-electron chi connectivity index (χ2n) is 3.54. The predicted molar refractivity (Wildman–Crippen MR) is 39.9 cm³/mol. The molecule has 1 N–H and O–H groups in total. The zero-order valence-corrected chi connectivity index (χ0v) is 6.49. The van der Waals surface area contributed by atoms with Crippen molar-refractivity contribution in [1.29, 1.82) is 0 Å². The fourth-order valence-electron chi connectivity index (χ4n) is 2.07. The Morgan fingerprint density at radius 3 is 2.82 bits per heavy atom. The topological polar surface area (TPSA) is 40.5 Å². The number of hydrogen-bond acceptors (Lipinski definition) is 2. The highest BCUT2D eigenvalue weighted by Gasteiger charge is 2.42. The van der Waals surface area contributed by atoms with Gasteiger partial charge < -0.3 is 10.0 Å². The first-order chi connectivity index (χ1) is 5.31. The van der Waals surface area contributed by atoms with E-state index in [1.54, 1.807) is 4.90 Å². The van der Waals surface area contributed by atoms with Gasteiger partial charge in [-0.2, -0.15) is 0 Å². The number of aliphatic hydroxyl groups excluding tert-OH is 1. The second-order valence-corrected chi connectivity index (χ2v) is 3.54. The summed E-state index contributed by atoms with van der Waals surface area (Å²) in [6.07, 6.45) is 2.20. The van der Waals surface area contributed by atoms with Crippen molar-refractivity contribution in [2.45, 2.75) is 12.8 Å². The molecule has 0 aromatic carbocycles. The van der Waals surface area contributed by atoms with Gasteiger partial charge in [0, 0.05) is 19.0 Å². The second kappa shape index (κ2) is 2.48. The molecule has 2 bridgehead atoms. The molecule has 0 aromatic rings. The maximum Gasteiger partial charge on any atom is 0.225 e. The average Bonchev–Trinajstić information content (AvgIpc) is 1.90. The van der Waals surface area contributed by atoms with Gasteiger partial charge in [-0.3, -0.25) is 4.79 Å². The molecule has 2 heterocycles. The predicted octanol–water partition coefficient (Wildman–Crippen LogP) is -0.153. The van der Waals surface area contributed by atoms with Gasteiger partial charge in [0.05, 0.1) is 6.61 Å². The van der Waals surface area contributed by atoms with Crippen molar-refractivity contribution in [2.24, 2.45) is 11.8 Å². The van der Waals surface area contributed by atoms with Crippen LogP contribution in [-0.2, 0) is 4.79 Å². The molecular weight excluding hydrogens is 142 g/mol. The molecule has 1 amide bonds. The lowest BCUT2D eigenvalue weighted by Gasteiger charge is -2.46. The summed E-state index contributed by atoms with van der Waals surface area (Å²) >= 11 is 0. The number of hydrogen-bond donors (Lipinski definition) is 1. The van der Waals surface area contributed by atoms with Crippen molar-refractivity contribution in [3.63, 3.8) is 0 Å².